The fourth-order valence-corrected chi connectivity index (χ4v) is 4.17. The van der Waals surface area contributed by atoms with Crippen molar-refractivity contribution >= 4 is 21.6 Å². The van der Waals surface area contributed by atoms with Crippen molar-refractivity contribution in [1.29, 1.82) is 0 Å². The van der Waals surface area contributed by atoms with Crippen LogP contribution in [0.4, 0.5) is 0 Å². The van der Waals surface area contributed by atoms with E-state index in [0.717, 1.165) is 9.79 Å². The van der Waals surface area contributed by atoms with E-state index in [-0.39, 0.29) is 5.08 Å². The largest absolute Gasteiger partial charge is 0.253 e. The van der Waals surface area contributed by atoms with Crippen molar-refractivity contribution in [3.63, 3.8) is 0 Å². The molecule has 0 aliphatic heterocycles. The first-order valence-electron chi connectivity index (χ1n) is 5.14. The molecule has 2 aromatic carbocycles. The molecule has 0 spiro atoms. The quantitative estimate of drug-likeness (QED) is 0.850. The van der Waals surface area contributed by atoms with Crippen LogP contribution in [-0.2, 0) is 21.6 Å². The van der Waals surface area contributed by atoms with E-state index in [4.69, 9.17) is 0 Å². The molecule has 0 heterocycles. The van der Waals surface area contributed by atoms with Gasteiger partial charge in [0.1, 0.15) is 5.08 Å². The summed E-state index contributed by atoms with van der Waals surface area (Å²) in [6, 6.07) is 18.2. The Morgan fingerprint density at radius 2 is 1.00 bits per heavy atom. The molecule has 2 nitrogen and oxygen atoms in total. The van der Waals surface area contributed by atoms with Crippen molar-refractivity contribution < 1.29 is 8.42 Å². The van der Waals surface area contributed by atoms with Crippen LogP contribution >= 0.6 is 0 Å². The Morgan fingerprint density at radius 1 is 0.647 bits per heavy atom. The second kappa shape index (κ2) is 5.89. The summed E-state index contributed by atoms with van der Waals surface area (Å²) in [5.41, 5.74) is 0. The van der Waals surface area contributed by atoms with Gasteiger partial charge in [0, 0.05) is 9.79 Å². The summed E-state index contributed by atoms with van der Waals surface area (Å²) in [4.78, 5) is 1.44. The third kappa shape index (κ3) is 3.35. The molecule has 0 amide bonds. The van der Waals surface area contributed by atoms with Gasteiger partial charge >= 0.3 is 0 Å². The minimum atomic E-state index is -1.21. The third-order valence-electron chi connectivity index (χ3n) is 2.23. The van der Waals surface area contributed by atoms with E-state index in [0.29, 0.717) is 0 Å². The number of rotatable bonds is 4. The molecule has 0 N–H and O–H groups in total. The second-order valence-electron chi connectivity index (χ2n) is 3.44. The summed E-state index contributed by atoms with van der Waals surface area (Å²) in [5.74, 6) is 0. The van der Waals surface area contributed by atoms with Crippen LogP contribution in [0.3, 0.4) is 0 Å². The Labute approximate surface area is 106 Å². The van der Waals surface area contributed by atoms with Crippen molar-refractivity contribution in [1.82, 2.24) is 0 Å². The van der Waals surface area contributed by atoms with Gasteiger partial charge in [-0.25, -0.2) is 0 Å². The molecule has 0 radical (unpaired) electrons. The van der Waals surface area contributed by atoms with Crippen molar-refractivity contribution in [2.45, 2.75) is 9.79 Å². The van der Waals surface area contributed by atoms with Gasteiger partial charge in [-0.3, -0.25) is 8.42 Å². The molecule has 17 heavy (non-hydrogen) atoms. The molecular formula is C13H12O2S2. The van der Waals surface area contributed by atoms with Crippen molar-refractivity contribution in [2.24, 2.45) is 0 Å². The van der Waals surface area contributed by atoms with Gasteiger partial charge in [0.25, 0.3) is 0 Å². The molecule has 0 bridgehead atoms. The number of hydrogen-bond acceptors (Lipinski definition) is 2. The van der Waals surface area contributed by atoms with E-state index < -0.39 is 21.6 Å². The minimum Gasteiger partial charge on any atom is -0.253 e. The fraction of sp³-hybridized carbons (Fsp3) is 0.0769. The summed E-state index contributed by atoms with van der Waals surface area (Å²) in [6.45, 7) is 0. The minimum absolute atomic E-state index is 0.147. The monoisotopic (exact) mass is 264 g/mol. The highest BCUT2D eigenvalue weighted by Crippen LogP contribution is 2.11. The summed E-state index contributed by atoms with van der Waals surface area (Å²) < 4.78 is 23.9. The maximum absolute atomic E-state index is 11.9. The summed E-state index contributed by atoms with van der Waals surface area (Å²) >= 11 is 0. The van der Waals surface area contributed by atoms with Gasteiger partial charge in [-0.05, 0) is 24.3 Å². The summed E-state index contributed by atoms with van der Waals surface area (Å²) in [7, 11) is -2.43. The summed E-state index contributed by atoms with van der Waals surface area (Å²) in [5, 5.41) is 0.147. The predicted octanol–water partition coefficient (Wildman–Crippen LogP) is 2.56. The number of hydrogen-bond donors (Lipinski definition) is 0. The highest BCUT2D eigenvalue weighted by Gasteiger charge is 2.09. The van der Waals surface area contributed by atoms with Crippen LogP contribution in [0.2, 0.25) is 0 Å². The van der Waals surface area contributed by atoms with Crippen LogP contribution in [0.15, 0.2) is 70.5 Å². The molecule has 0 aromatic heterocycles. The molecule has 88 valence electrons. The SMILES string of the molecule is O=[S@](C[S@@](=O)c1ccccc1)c1ccccc1. The Balaban J connectivity index is 2.08. The standard InChI is InChI=1S/C13H12O2S2/c14-16(12-7-3-1-4-8-12)11-17(15)13-9-5-2-6-10-13/h1-10H,11H2/t16-,17-/m1/s1. The summed E-state index contributed by atoms with van der Waals surface area (Å²) in [6.07, 6.45) is 0. The van der Waals surface area contributed by atoms with Gasteiger partial charge in [-0.2, -0.15) is 0 Å². The average Bonchev–Trinajstić information content (AvgIpc) is 2.40. The zero-order valence-electron chi connectivity index (χ0n) is 9.11. The molecule has 0 saturated carbocycles. The normalized spacial score (nSPS) is 14.1. The maximum atomic E-state index is 11.9. The first-order chi connectivity index (χ1) is 8.27. The Kier molecular flexibility index (Phi) is 4.23. The van der Waals surface area contributed by atoms with E-state index >= 15 is 0 Å². The Hall–Kier alpha value is -1.26. The highest BCUT2D eigenvalue weighted by molar-refractivity contribution is 8.01. The van der Waals surface area contributed by atoms with Gasteiger partial charge in [0.05, 0.1) is 21.6 Å². The van der Waals surface area contributed by atoms with Crippen molar-refractivity contribution in [3.8, 4) is 0 Å². The Bertz CT molecular complexity index is 474. The van der Waals surface area contributed by atoms with Crippen LogP contribution in [0.1, 0.15) is 0 Å². The molecule has 0 unspecified atom stereocenters. The third-order valence-corrected chi connectivity index (χ3v) is 5.53. The molecule has 2 rings (SSSR count). The van der Waals surface area contributed by atoms with Gasteiger partial charge < -0.3 is 0 Å². The molecule has 2 atom stereocenters. The van der Waals surface area contributed by atoms with Gasteiger partial charge in [-0.15, -0.1) is 0 Å². The molecule has 2 aromatic rings. The molecule has 4 heteroatoms. The zero-order valence-corrected chi connectivity index (χ0v) is 10.7. The molecule has 0 fully saturated rings. The van der Waals surface area contributed by atoms with Gasteiger partial charge in [0.15, 0.2) is 0 Å². The lowest BCUT2D eigenvalue weighted by Gasteiger charge is -2.02. The first-order valence-corrected chi connectivity index (χ1v) is 7.78. The molecular weight excluding hydrogens is 252 g/mol. The van der Waals surface area contributed by atoms with Gasteiger partial charge in [0.2, 0.25) is 0 Å². The Morgan fingerprint density at radius 3 is 1.35 bits per heavy atom. The second-order valence-corrected chi connectivity index (χ2v) is 6.70. The highest BCUT2D eigenvalue weighted by atomic mass is 32.2. The van der Waals surface area contributed by atoms with E-state index in [2.05, 4.69) is 0 Å². The van der Waals surface area contributed by atoms with Crippen LogP contribution in [0.25, 0.3) is 0 Å². The molecule has 0 aliphatic rings. The van der Waals surface area contributed by atoms with E-state index in [1.807, 2.05) is 36.4 Å². The topological polar surface area (TPSA) is 34.1 Å². The lowest BCUT2D eigenvalue weighted by molar-refractivity contribution is 0.679. The smallest absolute Gasteiger partial charge is 0.108 e. The average molecular weight is 264 g/mol. The first kappa shape index (κ1) is 12.2. The lowest BCUT2D eigenvalue weighted by atomic mass is 10.4. The van der Waals surface area contributed by atoms with Crippen LogP contribution in [0.5, 0.6) is 0 Å². The number of benzene rings is 2. The van der Waals surface area contributed by atoms with E-state index in [1.165, 1.54) is 0 Å². The lowest BCUT2D eigenvalue weighted by Crippen LogP contribution is -2.05. The zero-order chi connectivity index (χ0) is 12.1. The predicted molar refractivity (Wildman–Crippen MR) is 70.6 cm³/mol. The van der Waals surface area contributed by atoms with Crippen molar-refractivity contribution in [2.75, 3.05) is 5.08 Å². The van der Waals surface area contributed by atoms with Gasteiger partial charge in [-0.1, -0.05) is 36.4 Å². The molecule has 0 aliphatic carbocycles. The van der Waals surface area contributed by atoms with E-state index in [1.54, 1.807) is 24.3 Å². The molecule has 0 saturated heterocycles. The fourth-order valence-electron chi connectivity index (χ4n) is 1.38. The van der Waals surface area contributed by atoms with Crippen LogP contribution in [0, 0.1) is 0 Å². The van der Waals surface area contributed by atoms with E-state index in [9.17, 15) is 8.42 Å². The van der Waals surface area contributed by atoms with Crippen LogP contribution < -0.4 is 0 Å². The van der Waals surface area contributed by atoms with Crippen LogP contribution in [-0.4, -0.2) is 13.5 Å². The van der Waals surface area contributed by atoms with Crippen molar-refractivity contribution in [3.05, 3.63) is 60.7 Å². The maximum Gasteiger partial charge on any atom is 0.108 e.